The number of benzene rings is 20. The first-order chi connectivity index (χ1) is 66.9. The van der Waals surface area contributed by atoms with Crippen molar-refractivity contribution in [2.75, 3.05) is 19.6 Å². The van der Waals surface area contributed by atoms with Crippen LogP contribution in [0.25, 0.3) is 98.1 Å². The molecule has 0 N–H and O–H groups in total. The topological polar surface area (TPSA) is 22.2 Å². The second-order valence-electron chi connectivity index (χ2n) is 38.8. The molecule has 5 aliphatic carbocycles. The molecule has 2 spiro atoms. The minimum absolute atomic E-state index is 0.145. The molecule has 7 heteroatoms. The highest BCUT2D eigenvalue weighted by Crippen LogP contribution is 2.71. The van der Waals surface area contributed by atoms with E-state index in [4.69, 9.17) is 4.74 Å². The minimum Gasteiger partial charge on any atom is -0.453 e. The van der Waals surface area contributed by atoms with Crippen molar-refractivity contribution < 1.29 is 4.74 Å². The van der Waals surface area contributed by atoms with Crippen LogP contribution in [-0.2, 0) is 28.1 Å². The maximum atomic E-state index is 6.80. The predicted molar refractivity (Wildman–Crippen MR) is 565 cm³/mol. The van der Waals surface area contributed by atoms with Crippen molar-refractivity contribution in [1.29, 1.82) is 0 Å². The second kappa shape index (κ2) is 28.8. The van der Waals surface area contributed by atoms with Gasteiger partial charge < -0.3 is 24.3 Å². The van der Waals surface area contributed by atoms with Crippen molar-refractivity contribution in [3.63, 3.8) is 0 Å². The molecule has 0 radical (unpaired) electrons. The number of thiophene rings is 1. The first-order valence-electron chi connectivity index (χ1n) is 47.4. The largest absolute Gasteiger partial charge is 0.453 e. The molecule has 136 heavy (non-hydrogen) atoms. The van der Waals surface area contributed by atoms with Gasteiger partial charge in [-0.05, 0) is 308 Å². The van der Waals surface area contributed by atoms with E-state index in [2.05, 4.69) is 484 Å². The van der Waals surface area contributed by atoms with Crippen LogP contribution in [0.2, 0.25) is 0 Å². The number of hydrogen-bond acceptors (Lipinski definition) is 7. The molecule has 0 amide bonds. The molecule has 5 heterocycles. The fourth-order valence-corrected chi connectivity index (χ4v) is 27.5. The van der Waals surface area contributed by atoms with E-state index in [0.29, 0.717) is 0 Å². The van der Waals surface area contributed by atoms with Crippen LogP contribution in [0.5, 0.6) is 11.5 Å². The van der Waals surface area contributed by atoms with Gasteiger partial charge in [-0.3, -0.25) is 0 Å². The van der Waals surface area contributed by atoms with Crippen molar-refractivity contribution in [1.82, 2.24) is 0 Å². The van der Waals surface area contributed by atoms with Crippen molar-refractivity contribution in [2.45, 2.75) is 65.6 Å². The van der Waals surface area contributed by atoms with Crippen molar-refractivity contribution in [2.24, 2.45) is 0 Å². The molecule has 9 aliphatic rings. The second-order valence-corrected chi connectivity index (χ2v) is 40.9. The Kier molecular flexibility index (Phi) is 16.4. The van der Waals surface area contributed by atoms with Gasteiger partial charge in [0.05, 0.1) is 45.0 Å². The van der Waals surface area contributed by atoms with E-state index >= 15 is 0 Å². The molecule has 21 aromatic rings. The van der Waals surface area contributed by atoms with Crippen LogP contribution >= 0.6 is 23.1 Å². The average molecular weight is 1770 g/mol. The summed E-state index contributed by atoms with van der Waals surface area (Å²) in [4.78, 5) is 12.5. The van der Waals surface area contributed by atoms with E-state index < -0.39 is 10.8 Å². The summed E-state index contributed by atoms with van der Waals surface area (Å²) in [5, 5.41) is 2.63. The van der Waals surface area contributed by atoms with E-state index in [1.165, 1.54) is 203 Å². The first kappa shape index (κ1) is 77.6. The van der Waals surface area contributed by atoms with Crippen LogP contribution in [0.3, 0.4) is 0 Å². The summed E-state index contributed by atoms with van der Waals surface area (Å²) in [7, 11) is 0. The van der Waals surface area contributed by atoms with E-state index in [1.54, 1.807) is 0 Å². The highest BCUT2D eigenvalue weighted by atomic mass is 32.2. The van der Waals surface area contributed by atoms with Crippen molar-refractivity contribution in [3.8, 4) is 89.4 Å². The Balaban J connectivity index is 0.000000132. The third-order valence-electron chi connectivity index (χ3n) is 31.3. The molecule has 0 saturated heterocycles. The molecule has 20 aromatic carbocycles. The predicted octanol–water partition coefficient (Wildman–Crippen LogP) is 35.1. The molecule has 30 rings (SSSR count). The molecule has 640 valence electrons. The molecule has 1 aromatic heterocycles. The Morgan fingerprint density at radius 2 is 0.618 bits per heavy atom. The zero-order valence-electron chi connectivity index (χ0n) is 75.3. The quantitative estimate of drug-likeness (QED) is 0.150. The van der Waals surface area contributed by atoms with E-state index in [1.807, 2.05) is 23.1 Å². The SMILES string of the molecule is CC1(C)c2ccccc2-c2ccc(N(c3ccc(-c4ccc5c(c4)-c4ccccc4C5)cc3)c3ccc4c(c3)C3(c5ccccc5-4)c4ccccc4N4c5ccccc5Sc5cccc3c54)cc21.CC1(C)c2ccccc2-c2ccc(N(c3ccc(-c4ccc5sc6ccccc6c5c4)cc3)c3ccc4c(c3)C3(c5ccccc5-4)c4ccccc4N4c5ccccc5Oc5cccc3c54)cc21. The molecular formula is C129H86N4OS2. The summed E-state index contributed by atoms with van der Waals surface area (Å²) in [6.07, 6.45) is 0.999. The summed E-state index contributed by atoms with van der Waals surface area (Å²) >= 11 is 3.75. The Bertz CT molecular complexity index is 8770. The number of fused-ring (bicyclic) bond motifs is 34. The molecule has 0 saturated carbocycles. The molecular weight excluding hydrogens is 1690 g/mol. The Morgan fingerprint density at radius 3 is 1.21 bits per heavy atom. The van der Waals surface area contributed by atoms with E-state index in [0.717, 1.165) is 69.1 Å². The first-order valence-corrected chi connectivity index (χ1v) is 49.1. The van der Waals surface area contributed by atoms with Gasteiger partial charge in [-0.2, -0.15) is 0 Å². The van der Waals surface area contributed by atoms with Crippen LogP contribution < -0.4 is 24.3 Å². The molecule has 2 unspecified atom stereocenters. The molecule has 0 fully saturated rings. The highest BCUT2D eigenvalue weighted by Gasteiger charge is 2.56. The van der Waals surface area contributed by atoms with Gasteiger partial charge in [0.15, 0.2) is 11.5 Å². The van der Waals surface area contributed by atoms with Crippen LogP contribution in [0.4, 0.5) is 68.2 Å². The molecule has 2 atom stereocenters. The van der Waals surface area contributed by atoms with Crippen LogP contribution in [0.15, 0.2) is 447 Å². The molecule has 0 bridgehead atoms. The number of nitrogens with zero attached hydrogens (tertiary/aromatic N) is 4. The smallest absolute Gasteiger partial charge is 0.151 e. The Morgan fingerprint density at radius 1 is 0.235 bits per heavy atom. The van der Waals surface area contributed by atoms with Gasteiger partial charge in [-0.25, -0.2) is 0 Å². The summed E-state index contributed by atoms with van der Waals surface area (Å²) in [6, 6.07) is 164. The maximum absolute atomic E-state index is 6.80. The fourth-order valence-electron chi connectivity index (χ4n) is 25.3. The van der Waals surface area contributed by atoms with Gasteiger partial charge in [-0.1, -0.05) is 331 Å². The molecule has 5 nitrogen and oxygen atoms in total. The lowest BCUT2D eigenvalue weighted by molar-refractivity contribution is 0.473. The van der Waals surface area contributed by atoms with Gasteiger partial charge in [0, 0.05) is 74.9 Å². The lowest BCUT2D eigenvalue weighted by Crippen LogP contribution is -2.37. The number of para-hydroxylation sites is 7. The van der Waals surface area contributed by atoms with Gasteiger partial charge in [0.1, 0.15) is 0 Å². The third-order valence-corrected chi connectivity index (χ3v) is 33.6. The number of rotatable bonds is 8. The van der Waals surface area contributed by atoms with Gasteiger partial charge in [0.2, 0.25) is 0 Å². The standard InChI is InChI=1S/C65H44N2S.C64H42N2OS/c1-64(2)53-18-7-5-16-48(53)50-34-32-45(38-57(50)64)66(44-30-28-40(29-31-44)41-26-27-43-36-42-14-3-4-15-47(42)52(43)37-41)46-33-35-51-49-17-6-8-19-54(49)65(58(51)39-46)55-20-9-10-22-59(55)67-60-23-11-12-24-61(60)68-62-25-13-21-56(65)63(62)67;1-63(2)50-17-6-3-14-44(50)46-33-31-42(37-54(46)63)65(41-29-26-39(27-30-41)40-28-35-61-49(36-40)48-16-5-12-25-60(48)68-61)43-32-34-47-45-15-4-7-18-51(45)64(55(47)38-43)52-19-8-9-21-56(52)66-57-22-10-11-23-58(57)67-59-24-13-20-53(64)62(59)66/h3-35,37-39H,36H2,1-2H3;3-38H,1-2H3. The molecule has 4 aliphatic heterocycles. The van der Waals surface area contributed by atoms with Crippen LogP contribution in [-0.4, -0.2) is 0 Å². The fraction of sp³-hybridized carbons (Fsp3) is 0.0698. The zero-order chi connectivity index (χ0) is 89.8. The monoisotopic (exact) mass is 1770 g/mol. The minimum atomic E-state index is -0.627. The summed E-state index contributed by atoms with van der Waals surface area (Å²) < 4.78 is 9.44. The normalized spacial score (nSPS) is 16.2. The average Bonchev–Trinajstić information content (AvgIpc) is 1.50. The van der Waals surface area contributed by atoms with Gasteiger partial charge in [-0.15, -0.1) is 11.3 Å². The van der Waals surface area contributed by atoms with Crippen LogP contribution in [0, 0.1) is 0 Å². The van der Waals surface area contributed by atoms with Gasteiger partial charge in [0.25, 0.3) is 0 Å². The Hall–Kier alpha value is -16.0. The zero-order valence-corrected chi connectivity index (χ0v) is 76.9. The van der Waals surface area contributed by atoms with Crippen LogP contribution in [0.1, 0.15) is 106 Å². The summed E-state index contributed by atoms with van der Waals surface area (Å²) in [5.41, 5.74) is 48.9. The maximum Gasteiger partial charge on any atom is 0.151 e. The Labute approximate surface area is 799 Å². The van der Waals surface area contributed by atoms with E-state index in [-0.39, 0.29) is 10.8 Å². The summed E-state index contributed by atoms with van der Waals surface area (Å²) in [6.45, 7) is 9.51. The lowest BCUT2D eigenvalue weighted by Gasteiger charge is -2.47. The number of anilines is 12. The highest BCUT2D eigenvalue weighted by molar-refractivity contribution is 7.99. The van der Waals surface area contributed by atoms with E-state index in [9.17, 15) is 0 Å². The number of ether oxygens (including phenoxy) is 1. The van der Waals surface area contributed by atoms with Crippen molar-refractivity contribution >= 4 is 112 Å². The van der Waals surface area contributed by atoms with Gasteiger partial charge >= 0.3 is 0 Å². The number of hydrogen-bond donors (Lipinski definition) is 0. The summed E-state index contributed by atoms with van der Waals surface area (Å²) in [5.74, 6) is 1.73. The van der Waals surface area contributed by atoms with Crippen molar-refractivity contribution in [3.05, 3.63) is 515 Å². The lowest BCUT2D eigenvalue weighted by atomic mass is 9.64. The third kappa shape index (κ3) is 10.7.